The van der Waals surface area contributed by atoms with Gasteiger partial charge in [-0.05, 0) is 44.2 Å². The summed E-state index contributed by atoms with van der Waals surface area (Å²) in [6.07, 6.45) is 0.178. The van der Waals surface area contributed by atoms with Gasteiger partial charge in [0.15, 0.2) is 0 Å². The van der Waals surface area contributed by atoms with Gasteiger partial charge in [0, 0.05) is 5.56 Å². The van der Waals surface area contributed by atoms with Gasteiger partial charge in [0.1, 0.15) is 11.4 Å². The average molecular weight is 315 g/mol. The van der Waals surface area contributed by atoms with Gasteiger partial charge in [-0.2, -0.15) is 13.2 Å². The molecule has 1 fully saturated rings. The molecular formula is C16H18F3O3-. The van der Waals surface area contributed by atoms with E-state index >= 15 is 0 Å². The molecule has 122 valence electrons. The number of benzene rings is 1. The van der Waals surface area contributed by atoms with E-state index in [4.69, 9.17) is 4.74 Å². The van der Waals surface area contributed by atoms with Crippen LogP contribution in [-0.2, 0) is 6.18 Å². The Balaban J connectivity index is 2.42. The smallest absolute Gasteiger partial charge is 0.419 e. The van der Waals surface area contributed by atoms with E-state index in [0.717, 1.165) is 37.5 Å². The lowest BCUT2D eigenvalue weighted by atomic mass is 9.82. The number of carboxylic acid groups (broad SMARTS) is 1. The summed E-state index contributed by atoms with van der Waals surface area (Å²) in [6.45, 7) is 1.88. The Labute approximate surface area is 127 Å². The zero-order valence-electron chi connectivity index (χ0n) is 12.3. The Bertz CT molecular complexity index is 546. The van der Waals surface area contributed by atoms with Crippen molar-refractivity contribution >= 4 is 5.97 Å². The maximum Gasteiger partial charge on any atom is 0.419 e. The van der Waals surface area contributed by atoms with Crippen LogP contribution in [0, 0.1) is 0 Å². The number of hydrogen-bond acceptors (Lipinski definition) is 3. The van der Waals surface area contributed by atoms with Gasteiger partial charge in [-0.1, -0.05) is 19.4 Å². The number of hydrogen-bond donors (Lipinski definition) is 0. The summed E-state index contributed by atoms with van der Waals surface area (Å²) in [5.74, 6) is -1.94. The van der Waals surface area contributed by atoms with Gasteiger partial charge in [0.05, 0.1) is 11.5 Å². The van der Waals surface area contributed by atoms with Crippen LogP contribution in [0.15, 0.2) is 18.2 Å². The molecular weight excluding hydrogens is 297 g/mol. The van der Waals surface area contributed by atoms with Crippen LogP contribution >= 0.6 is 0 Å². The van der Waals surface area contributed by atoms with Crippen molar-refractivity contribution in [3.63, 3.8) is 0 Å². The number of carboxylic acids is 1. The van der Waals surface area contributed by atoms with Crippen LogP contribution < -0.4 is 9.84 Å². The van der Waals surface area contributed by atoms with Crippen LogP contribution in [0.4, 0.5) is 13.2 Å². The van der Waals surface area contributed by atoms with Crippen LogP contribution in [0.3, 0.4) is 0 Å². The first-order valence-electron chi connectivity index (χ1n) is 7.39. The fourth-order valence-electron chi connectivity index (χ4n) is 2.93. The lowest BCUT2D eigenvalue weighted by molar-refractivity contribution is -0.255. The van der Waals surface area contributed by atoms with Crippen LogP contribution in [0.25, 0.3) is 0 Å². The Morgan fingerprint density at radius 1 is 1.27 bits per heavy atom. The molecule has 1 aromatic carbocycles. The first kappa shape index (κ1) is 16.6. The molecule has 0 saturated heterocycles. The van der Waals surface area contributed by atoms with E-state index < -0.39 is 29.1 Å². The molecule has 3 nitrogen and oxygen atoms in total. The van der Waals surface area contributed by atoms with Gasteiger partial charge in [-0.3, -0.25) is 0 Å². The quantitative estimate of drug-likeness (QED) is 0.853. The molecule has 0 unspecified atom stereocenters. The summed E-state index contributed by atoms with van der Waals surface area (Å²) in [6, 6.07) is 2.56. The van der Waals surface area contributed by atoms with Crippen molar-refractivity contribution in [3.8, 4) is 5.75 Å². The maximum atomic E-state index is 13.1. The summed E-state index contributed by atoms with van der Waals surface area (Å²) in [5.41, 5.74) is -1.91. The summed E-state index contributed by atoms with van der Waals surface area (Å²) in [4.78, 5) is 10.9. The monoisotopic (exact) mass is 315 g/mol. The molecule has 1 aliphatic rings. The normalized spacial score (nSPS) is 18.0. The molecule has 1 aromatic rings. The van der Waals surface area contributed by atoms with Crippen LogP contribution in [-0.4, -0.2) is 11.6 Å². The summed E-state index contributed by atoms with van der Waals surface area (Å²) in [5, 5.41) is 10.9. The van der Waals surface area contributed by atoms with E-state index in [1.165, 1.54) is 0 Å². The zero-order chi connectivity index (χ0) is 16.4. The molecule has 0 aliphatic heterocycles. The first-order chi connectivity index (χ1) is 10.3. The Hall–Kier alpha value is -1.72. The number of rotatable bonds is 4. The molecule has 0 amide bonds. The first-order valence-corrected chi connectivity index (χ1v) is 7.39. The molecule has 0 N–H and O–H groups in total. The van der Waals surface area contributed by atoms with Crippen LogP contribution in [0.1, 0.15) is 61.4 Å². The molecule has 6 heteroatoms. The standard InChI is InChI=1S/C16H19F3O3/c1-2-15(8-4-3-5-9-15)22-13-10-11(14(20)21)6-7-12(13)16(17,18)19/h6-7,10H,2-5,8-9H2,1H3,(H,20,21)/p-1. The third kappa shape index (κ3) is 3.54. The lowest BCUT2D eigenvalue weighted by Crippen LogP contribution is -2.38. The van der Waals surface area contributed by atoms with E-state index in [2.05, 4.69) is 0 Å². The molecule has 22 heavy (non-hydrogen) atoms. The van der Waals surface area contributed by atoms with Crippen molar-refractivity contribution in [2.75, 3.05) is 0 Å². The second kappa shape index (κ2) is 6.18. The number of aromatic carboxylic acids is 1. The molecule has 0 heterocycles. The van der Waals surface area contributed by atoms with Crippen molar-refractivity contribution in [1.82, 2.24) is 0 Å². The molecule has 1 saturated carbocycles. The van der Waals surface area contributed by atoms with Gasteiger partial charge >= 0.3 is 6.18 Å². The summed E-state index contributed by atoms with van der Waals surface area (Å²) < 4.78 is 45.1. The number of halogens is 3. The molecule has 0 aromatic heterocycles. The average Bonchev–Trinajstić information content (AvgIpc) is 2.47. The highest BCUT2D eigenvalue weighted by atomic mass is 19.4. The molecule has 0 radical (unpaired) electrons. The van der Waals surface area contributed by atoms with E-state index in [1.54, 1.807) is 0 Å². The molecule has 0 atom stereocenters. The number of carbonyl (C=O) groups is 1. The molecule has 2 rings (SSSR count). The minimum atomic E-state index is -4.59. The van der Waals surface area contributed by atoms with E-state index in [0.29, 0.717) is 19.3 Å². The van der Waals surface area contributed by atoms with Gasteiger partial charge < -0.3 is 14.6 Å². The third-order valence-corrected chi connectivity index (χ3v) is 4.26. The molecule has 0 bridgehead atoms. The van der Waals surface area contributed by atoms with Crippen molar-refractivity contribution < 1.29 is 27.8 Å². The number of ether oxygens (including phenoxy) is 1. The molecule has 0 spiro atoms. The van der Waals surface area contributed by atoms with Crippen molar-refractivity contribution in [3.05, 3.63) is 29.3 Å². The fourth-order valence-corrected chi connectivity index (χ4v) is 2.93. The molecule has 1 aliphatic carbocycles. The van der Waals surface area contributed by atoms with Gasteiger partial charge in [0.25, 0.3) is 0 Å². The highest BCUT2D eigenvalue weighted by molar-refractivity contribution is 5.86. The maximum absolute atomic E-state index is 13.1. The van der Waals surface area contributed by atoms with Crippen molar-refractivity contribution in [2.45, 2.75) is 57.2 Å². The highest BCUT2D eigenvalue weighted by Gasteiger charge is 2.38. The predicted octanol–water partition coefficient (Wildman–Crippen LogP) is 3.56. The second-order valence-electron chi connectivity index (χ2n) is 5.70. The predicted molar refractivity (Wildman–Crippen MR) is 72.5 cm³/mol. The second-order valence-corrected chi connectivity index (χ2v) is 5.70. The van der Waals surface area contributed by atoms with Crippen molar-refractivity contribution in [1.29, 1.82) is 0 Å². The van der Waals surface area contributed by atoms with Crippen LogP contribution in [0.2, 0.25) is 0 Å². The Morgan fingerprint density at radius 2 is 1.91 bits per heavy atom. The minimum Gasteiger partial charge on any atom is -0.545 e. The topological polar surface area (TPSA) is 49.4 Å². The Morgan fingerprint density at radius 3 is 2.41 bits per heavy atom. The number of carbonyl (C=O) groups excluding carboxylic acids is 1. The lowest BCUT2D eigenvalue weighted by Gasteiger charge is -2.37. The van der Waals surface area contributed by atoms with E-state index in [9.17, 15) is 23.1 Å². The van der Waals surface area contributed by atoms with E-state index in [-0.39, 0.29) is 5.56 Å². The zero-order valence-corrected chi connectivity index (χ0v) is 12.3. The number of alkyl halides is 3. The highest BCUT2D eigenvalue weighted by Crippen LogP contribution is 2.41. The summed E-state index contributed by atoms with van der Waals surface area (Å²) in [7, 11) is 0. The Kier molecular flexibility index (Phi) is 4.68. The largest absolute Gasteiger partial charge is 0.545 e. The fraction of sp³-hybridized carbons (Fsp3) is 0.562. The van der Waals surface area contributed by atoms with Gasteiger partial charge in [0.2, 0.25) is 0 Å². The van der Waals surface area contributed by atoms with Gasteiger partial charge in [-0.25, -0.2) is 0 Å². The SMILES string of the molecule is CCC1(Oc2cc(C(=O)[O-])ccc2C(F)(F)F)CCCCC1. The minimum absolute atomic E-state index is 0.315. The third-order valence-electron chi connectivity index (χ3n) is 4.26. The van der Waals surface area contributed by atoms with Crippen molar-refractivity contribution in [2.24, 2.45) is 0 Å². The van der Waals surface area contributed by atoms with Gasteiger partial charge in [-0.15, -0.1) is 0 Å². The van der Waals surface area contributed by atoms with Crippen LogP contribution in [0.5, 0.6) is 5.75 Å². The van der Waals surface area contributed by atoms with E-state index in [1.807, 2.05) is 6.92 Å². The summed E-state index contributed by atoms with van der Waals surface area (Å²) >= 11 is 0.